The van der Waals surface area contributed by atoms with Gasteiger partial charge in [0.15, 0.2) is 5.78 Å². The van der Waals surface area contributed by atoms with Crippen LogP contribution in [0.3, 0.4) is 0 Å². The summed E-state index contributed by atoms with van der Waals surface area (Å²) in [6.45, 7) is 2.09. The van der Waals surface area contributed by atoms with Gasteiger partial charge in [0, 0.05) is 30.6 Å². The molecule has 0 atom stereocenters. The number of hydrogen-bond donors (Lipinski definition) is 0. The van der Waals surface area contributed by atoms with E-state index in [1.54, 1.807) is 42.0 Å². The van der Waals surface area contributed by atoms with Crippen molar-refractivity contribution in [3.8, 4) is 0 Å². The number of rotatable bonds is 6. The van der Waals surface area contributed by atoms with E-state index in [1.165, 1.54) is 6.08 Å². The summed E-state index contributed by atoms with van der Waals surface area (Å²) < 4.78 is 6.62. The summed E-state index contributed by atoms with van der Waals surface area (Å²) in [7, 11) is 1.82. The van der Waals surface area contributed by atoms with E-state index >= 15 is 0 Å². The van der Waals surface area contributed by atoms with Crippen LogP contribution in [0.1, 0.15) is 28.5 Å². The zero-order valence-electron chi connectivity index (χ0n) is 13.2. The van der Waals surface area contributed by atoms with Gasteiger partial charge >= 0.3 is 5.97 Å². The van der Waals surface area contributed by atoms with Crippen molar-refractivity contribution in [3.63, 3.8) is 0 Å². The Morgan fingerprint density at radius 3 is 2.57 bits per heavy atom. The molecular weight excluding hydrogens is 290 g/mol. The van der Waals surface area contributed by atoms with Gasteiger partial charge in [-0.25, -0.2) is 4.79 Å². The quantitative estimate of drug-likeness (QED) is 0.466. The molecular formula is C19H19NO3. The first kappa shape index (κ1) is 16.5. The van der Waals surface area contributed by atoms with Crippen molar-refractivity contribution in [2.75, 3.05) is 6.61 Å². The molecule has 2 rings (SSSR count). The number of nitrogens with zero attached hydrogens (tertiary/aromatic N) is 1. The van der Waals surface area contributed by atoms with Crippen LogP contribution in [0.5, 0.6) is 0 Å². The first-order valence-corrected chi connectivity index (χ1v) is 7.39. The minimum Gasteiger partial charge on any atom is -0.463 e. The summed E-state index contributed by atoms with van der Waals surface area (Å²) in [4.78, 5) is 23.5. The largest absolute Gasteiger partial charge is 0.463 e. The van der Waals surface area contributed by atoms with E-state index in [0.717, 1.165) is 11.3 Å². The molecule has 1 aromatic carbocycles. The van der Waals surface area contributed by atoms with Gasteiger partial charge in [-0.3, -0.25) is 4.79 Å². The first-order chi connectivity index (χ1) is 11.1. The highest BCUT2D eigenvalue weighted by Crippen LogP contribution is 2.12. The Morgan fingerprint density at radius 2 is 1.87 bits per heavy atom. The highest BCUT2D eigenvalue weighted by atomic mass is 16.5. The predicted octanol–water partition coefficient (Wildman–Crippen LogP) is 3.50. The van der Waals surface area contributed by atoms with Crippen LogP contribution in [-0.2, 0) is 16.6 Å². The molecule has 0 amide bonds. The number of benzene rings is 1. The summed E-state index contributed by atoms with van der Waals surface area (Å²) >= 11 is 0. The van der Waals surface area contributed by atoms with Crippen LogP contribution < -0.4 is 0 Å². The van der Waals surface area contributed by atoms with E-state index < -0.39 is 5.97 Å². The number of carbonyl (C=O) groups is 2. The second-order valence-corrected chi connectivity index (χ2v) is 4.96. The van der Waals surface area contributed by atoms with E-state index in [-0.39, 0.29) is 5.78 Å². The summed E-state index contributed by atoms with van der Waals surface area (Å²) in [5.74, 6) is -0.481. The normalized spacial score (nSPS) is 11.2. The van der Waals surface area contributed by atoms with Crippen molar-refractivity contribution in [1.29, 1.82) is 0 Å². The topological polar surface area (TPSA) is 48.3 Å². The Morgan fingerprint density at radius 1 is 1.13 bits per heavy atom. The van der Waals surface area contributed by atoms with Crippen LogP contribution in [-0.4, -0.2) is 22.9 Å². The van der Waals surface area contributed by atoms with Gasteiger partial charge in [-0.1, -0.05) is 36.4 Å². The second-order valence-electron chi connectivity index (χ2n) is 4.96. The van der Waals surface area contributed by atoms with Gasteiger partial charge in [0.1, 0.15) is 0 Å². The smallest absolute Gasteiger partial charge is 0.330 e. The van der Waals surface area contributed by atoms with Crippen LogP contribution in [0.25, 0.3) is 12.2 Å². The number of ketones is 1. The highest BCUT2D eigenvalue weighted by molar-refractivity contribution is 6.07. The predicted molar refractivity (Wildman–Crippen MR) is 90.9 cm³/mol. The van der Waals surface area contributed by atoms with Crippen molar-refractivity contribution in [1.82, 2.24) is 4.57 Å². The molecule has 1 aromatic heterocycles. The molecule has 118 valence electrons. The fourth-order valence-electron chi connectivity index (χ4n) is 2.06. The number of ether oxygens (including phenoxy) is 1. The maximum atomic E-state index is 12.2. The maximum absolute atomic E-state index is 12.2. The molecule has 0 saturated heterocycles. The lowest BCUT2D eigenvalue weighted by Gasteiger charge is -1.96. The SMILES string of the molecule is CCOC(=O)/C=C/c1cc(C(=O)/C=C/c2ccccc2)cn1C. The number of esters is 1. The van der Waals surface area contributed by atoms with Gasteiger partial charge in [-0.2, -0.15) is 0 Å². The fraction of sp³-hybridized carbons (Fsp3) is 0.158. The van der Waals surface area contributed by atoms with E-state index in [4.69, 9.17) is 4.74 Å². The molecule has 4 nitrogen and oxygen atoms in total. The van der Waals surface area contributed by atoms with E-state index in [0.29, 0.717) is 12.2 Å². The van der Waals surface area contributed by atoms with Gasteiger partial charge in [-0.15, -0.1) is 0 Å². The van der Waals surface area contributed by atoms with Gasteiger partial charge in [0.2, 0.25) is 0 Å². The molecule has 4 heteroatoms. The lowest BCUT2D eigenvalue weighted by molar-refractivity contribution is -0.137. The van der Waals surface area contributed by atoms with Crippen molar-refractivity contribution >= 4 is 23.9 Å². The Labute approximate surface area is 135 Å². The Balaban J connectivity index is 2.09. The monoisotopic (exact) mass is 309 g/mol. The number of allylic oxidation sites excluding steroid dienone is 1. The van der Waals surface area contributed by atoms with Gasteiger partial charge < -0.3 is 9.30 Å². The molecule has 0 saturated carbocycles. The zero-order valence-corrected chi connectivity index (χ0v) is 13.2. The standard InChI is InChI=1S/C19H19NO3/c1-3-23-19(22)12-10-17-13-16(14-20(17)2)18(21)11-9-15-7-5-4-6-8-15/h4-14H,3H2,1-2H3/b11-9+,12-10+. The molecule has 2 aromatic rings. The fourth-order valence-corrected chi connectivity index (χ4v) is 2.06. The van der Waals surface area contributed by atoms with Crippen molar-refractivity contribution in [2.24, 2.45) is 7.05 Å². The Bertz CT molecular complexity index is 739. The molecule has 0 aliphatic carbocycles. The van der Waals surface area contributed by atoms with Crippen LogP contribution in [0.2, 0.25) is 0 Å². The average molecular weight is 309 g/mol. The highest BCUT2D eigenvalue weighted by Gasteiger charge is 2.07. The van der Waals surface area contributed by atoms with Gasteiger partial charge in [-0.05, 0) is 30.7 Å². The third-order valence-electron chi connectivity index (χ3n) is 3.23. The molecule has 0 spiro atoms. The van der Waals surface area contributed by atoms with Gasteiger partial charge in [0.25, 0.3) is 0 Å². The van der Waals surface area contributed by atoms with E-state index in [1.807, 2.05) is 37.4 Å². The van der Waals surface area contributed by atoms with E-state index in [2.05, 4.69) is 0 Å². The van der Waals surface area contributed by atoms with Gasteiger partial charge in [0.05, 0.1) is 6.61 Å². The average Bonchev–Trinajstić information content (AvgIpc) is 2.93. The first-order valence-electron chi connectivity index (χ1n) is 7.39. The lowest BCUT2D eigenvalue weighted by atomic mass is 10.1. The maximum Gasteiger partial charge on any atom is 0.330 e. The van der Waals surface area contributed by atoms with Crippen molar-refractivity contribution in [3.05, 3.63) is 71.6 Å². The van der Waals surface area contributed by atoms with Crippen LogP contribution in [0.15, 0.2) is 54.7 Å². The number of aryl methyl sites for hydroxylation is 1. The molecule has 0 aliphatic rings. The number of hydrogen-bond acceptors (Lipinski definition) is 3. The molecule has 0 fully saturated rings. The second kappa shape index (κ2) is 7.94. The zero-order chi connectivity index (χ0) is 16.7. The summed E-state index contributed by atoms with van der Waals surface area (Å²) in [6, 6.07) is 11.4. The van der Waals surface area contributed by atoms with E-state index in [9.17, 15) is 9.59 Å². The summed E-state index contributed by atoms with van der Waals surface area (Å²) in [6.07, 6.45) is 8.05. The molecule has 0 N–H and O–H groups in total. The minimum absolute atomic E-state index is 0.0831. The van der Waals surface area contributed by atoms with Crippen molar-refractivity contribution in [2.45, 2.75) is 6.92 Å². The number of carbonyl (C=O) groups excluding carboxylic acids is 2. The van der Waals surface area contributed by atoms with Crippen LogP contribution in [0, 0.1) is 0 Å². The third-order valence-corrected chi connectivity index (χ3v) is 3.23. The molecule has 1 heterocycles. The molecule has 0 unspecified atom stereocenters. The Hall–Kier alpha value is -2.88. The molecule has 0 radical (unpaired) electrons. The molecule has 0 aliphatic heterocycles. The Kier molecular flexibility index (Phi) is 5.69. The van der Waals surface area contributed by atoms with Crippen LogP contribution in [0.4, 0.5) is 0 Å². The van der Waals surface area contributed by atoms with Crippen molar-refractivity contribution < 1.29 is 14.3 Å². The summed E-state index contributed by atoms with van der Waals surface area (Å²) in [5, 5.41) is 0. The summed E-state index contributed by atoms with van der Waals surface area (Å²) in [5.41, 5.74) is 2.30. The minimum atomic E-state index is -0.398. The molecule has 23 heavy (non-hydrogen) atoms. The number of aromatic nitrogens is 1. The molecule has 0 bridgehead atoms. The van der Waals surface area contributed by atoms with Crippen LogP contribution >= 0.6 is 0 Å². The third kappa shape index (κ3) is 4.81. The lowest BCUT2D eigenvalue weighted by Crippen LogP contribution is -1.99.